The van der Waals surface area contributed by atoms with Crippen molar-refractivity contribution in [3.63, 3.8) is 0 Å². The van der Waals surface area contributed by atoms with Gasteiger partial charge in [0.1, 0.15) is 0 Å². The Morgan fingerprint density at radius 2 is 0.895 bits per heavy atom. The van der Waals surface area contributed by atoms with Gasteiger partial charge in [-0.2, -0.15) is 0 Å². The van der Waals surface area contributed by atoms with Crippen LogP contribution in [0.1, 0.15) is 69.9 Å². The molecule has 0 amide bonds. The van der Waals surface area contributed by atoms with Crippen LogP contribution in [0.3, 0.4) is 0 Å². The zero-order chi connectivity index (χ0) is 25.0. The van der Waals surface area contributed by atoms with E-state index >= 15 is 0 Å². The van der Waals surface area contributed by atoms with Gasteiger partial charge in [-0.05, 0) is 79.3 Å². The molecule has 38 heavy (non-hydrogen) atoms. The number of Topliss-reactive ketones (excluding diaryl/α,β-unsaturated/α-hetero) is 1. The van der Waals surface area contributed by atoms with E-state index in [1.165, 1.54) is 66.4 Å². The average Bonchev–Trinajstić information content (AvgIpc) is 3.65. The standard InChI is InChI=1S/C37H26O/c38-37-35-26-15-7-13-24(26)30(21-9-3-1-4-10-21)28-19-17-23-18-20-29-31(22-11-5-2-6-12-22)25-14-8-16-27(25)36(37)34(29)32(23)33(28)35/h1-6,9-20,30-31,35-36H,7-8H2. The van der Waals surface area contributed by atoms with Gasteiger partial charge in [0.15, 0.2) is 5.78 Å². The third-order valence-electron chi connectivity index (χ3n) is 9.63. The lowest BCUT2D eigenvalue weighted by Crippen LogP contribution is -2.36. The van der Waals surface area contributed by atoms with Gasteiger partial charge in [-0.1, -0.05) is 109 Å². The molecule has 1 nitrogen and oxygen atoms in total. The topological polar surface area (TPSA) is 17.1 Å². The van der Waals surface area contributed by atoms with Crippen LogP contribution in [0.15, 0.2) is 132 Å². The molecular weight excluding hydrogens is 460 g/mol. The smallest absolute Gasteiger partial charge is 0.156 e. The van der Waals surface area contributed by atoms with E-state index in [0.29, 0.717) is 5.78 Å². The lowest BCUT2D eigenvalue weighted by molar-refractivity contribution is -0.120. The van der Waals surface area contributed by atoms with E-state index in [-0.39, 0.29) is 23.7 Å². The average molecular weight is 487 g/mol. The highest BCUT2D eigenvalue weighted by molar-refractivity contribution is 6.12. The molecule has 0 aliphatic heterocycles. The van der Waals surface area contributed by atoms with Gasteiger partial charge in [-0.3, -0.25) is 4.79 Å². The molecule has 9 rings (SSSR count). The number of ketones is 1. The first-order chi connectivity index (χ1) is 18.8. The van der Waals surface area contributed by atoms with Crippen molar-refractivity contribution in [2.45, 2.75) is 36.5 Å². The SMILES string of the molecule is O=C1C2C3=CCC=C3C(c3ccccc3)c3ccc4ccc5c(c4c32)C1C1=CCC=C1C5c1ccccc1. The molecule has 0 spiro atoms. The van der Waals surface area contributed by atoms with Crippen LogP contribution in [0.4, 0.5) is 0 Å². The van der Waals surface area contributed by atoms with E-state index in [9.17, 15) is 4.79 Å². The number of hydrogen-bond donors (Lipinski definition) is 0. The molecule has 5 aliphatic carbocycles. The number of rotatable bonds is 2. The Labute approximate surface area is 222 Å². The molecule has 0 heterocycles. The summed E-state index contributed by atoms with van der Waals surface area (Å²) in [6.07, 6.45) is 11.2. The molecule has 5 aliphatic rings. The van der Waals surface area contributed by atoms with Crippen molar-refractivity contribution in [1.29, 1.82) is 0 Å². The Balaban J connectivity index is 1.42. The van der Waals surface area contributed by atoms with Gasteiger partial charge in [0, 0.05) is 11.8 Å². The summed E-state index contributed by atoms with van der Waals surface area (Å²) < 4.78 is 0. The summed E-state index contributed by atoms with van der Waals surface area (Å²) in [4.78, 5) is 14.8. The molecule has 1 heteroatoms. The van der Waals surface area contributed by atoms with Gasteiger partial charge in [0.25, 0.3) is 0 Å². The predicted molar refractivity (Wildman–Crippen MR) is 153 cm³/mol. The monoisotopic (exact) mass is 486 g/mol. The van der Waals surface area contributed by atoms with E-state index in [0.717, 1.165) is 12.8 Å². The minimum absolute atomic E-state index is 0.175. The number of carbonyl (C=O) groups excluding carboxylic acids is 1. The summed E-state index contributed by atoms with van der Waals surface area (Å²) in [5.74, 6) is 0.373. The Morgan fingerprint density at radius 3 is 1.34 bits per heavy atom. The Bertz CT molecular complexity index is 1700. The zero-order valence-corrected chi connectivity index (χ0v) is 21.0. The van der Waals surface area contributed by atoms with Crippen LogP contribution in [0.5, 0.6) is 0 Å². The molecule has 180 valence electrons. The highest BCUT2D eigenvalue weighted by Crippen LogP contribution is 2.62. The first kappa shape index (κ1) is 20.8. The Hall–Kier alpha value is -4.23. The Morgan fingerprint density at radius 1 is 0.474 bits per heavy atom. The molecule has 0 saturated carbocycles. The molecule has 0 bridgehead atoms. The predicted octanol–water partition coefficient (Wildman–Crippen LogP) is 8.39. The molecule has 4 unspecified atom stereocenters. The molecule has 4 aromatic rings. The van der Waals surface area contributed by atoms with Crippen molar-refractivity contribution >= 4 is 16.6 Å². The van der Waals surface area contributed by atoms with Crippen molar-refractivity contribution in [1.82, 2.24) is 0 Å². The molecule has 0 N–H and O–H groups in total. The molecule has 4 atom stereocenters. The van der Waals surface area contributed by atoms with Gasteiger partial charge >= 0.3 is 0 Å². The van der Waals surface area contributed by atoms with Crippen LogP contribution in [-0.2, 0) is 4.79 Å². The summed E-state index contributed by atoms with van der Waals surface area (Å²) in [5.41, 5.74) is 13.0. The van der Waals surface area contributed by atoms with Gasteiger partial charge in [0.2, 0.25) is 0 Å². The largest absolute Gasteiger partial charge is 0.298 e. The van der Waals surface area contributed by atoms with Crippen molar-refractivity contribution in [3.8, 4) is 0 Å². The third kappa shape index (κ3) is 2.50. The molecule has 0 radical (unpaired) electrons. The second-order valence-corrected chi connectivity index (χ2v) is 11.3. The Kier molecular flexibility index (Phi) is 4.06. The van der Waals surface area contributed by atoms with Crippen LogP contribution in [0.25, 0.3) is 10.8 Å². The summed E-state index contributed by atoms with van der Waals surface area (Å²) in [5, 5.41) is 2.61. The van der Waals surface area contributed by atoms with E-state index in [4.69, 9.17) is 0 Å². The van der Waals surface area contributed by atoms with Crippen LogP contribution >= 0.6 is 0 Å². The summed E-state index contributed by atoms with van der Waals surface area (Å²) in [7, 11) is 0. The van der Waals surface area contributed by atoms with Crippen molar-refractivity contribution in [2.24, 2.45) is 0 Å². The number of fused-ring (bicyclic) bond motifs is 4. The third-order valence-corrected chi connectivity index (χ3v) is 9.63. The number of hydrogen-bond acceptors (Lipinski definition) is 1. The fourth-order valence-electron chi connectivity index (χ4n) is 8.28. The maximum absolute atomic E-state index is 14.8. The van der Waals surface area contributed by atoms with Crippen LogP contribution in [0.2, 0.25) is 0 Å². The van der Waals surface area contributed by atoms with Crippen LogP contribution in [-0.4, -0.2) is 5.78 Å². The highest BCUT2D eigenvalue weighted by Gasteiger charge is 2.51. The summed E-state index contributed by atoms with van der Waals surface area (Å²) in [6.45, 7) is 0. The van der Waals surface area contributed by atoms with Crippen molar-refractivity contribution in [2.75, 3.05) is 0 Å². The number of benzene rings is 4. The first-order valence-electron chi connectivity index (χ1n) is 13.8. The summed E-state index contributed by atoms with van der Waals surface area (Å²) in [6, 6.07) is 31.0. The number of carbonyl (C=O) groups is 1. The minimum atomic E-state index is -0.175. The first-order valence-corrected chi connectivity index (χ1v) is 13.8. The van der Waals surface area contributed by atoms with Gasteiger partial charge in [-0.25, -0.2) is 0 Å². The van der Waals surface area contributed by atoms with Crippen molar-refractivity contribution < 1.29 is 4.79 Å². The minimum Gasteiger partial charge on any atom is -0.298 e. The van der Waals surface area contributed by atoms with E-state index in [1.54, 1.807) is 0 Å². The van der Waals surface area contributed by atoms with Gasteiger partial charge in [-0.15, -0.1) is 0 Å². The highest BCUT2D eigenvalue weighted by atomic mass is 16.1. The van der Waals surface area contributed by atoms with Crippen molar-refractivity contribution in [3.05, 3.63) is 165 Å². The van der Waals surface area contributed by atoms with Gasteiger partial charge < -0.3 is 0 Å². The normalized spacial score (nSPS) is 25.8. The maximum Gasteiger partial charge on any atom is 0.156 e. The molecule has 4 aromatic carbocycles. The van der Waals surface area contributed by atoms with Crippen LogP contribution in [0, 0.1) is 0 Å². The quantitative estimate of drug-likeness (QED) is 0.278. The fraction of sp³-hybridized carbons (Fsp3) is 0.162. The lowest BCUT2D eigenvalue weighted by Gasteiger charge is -2.45. The maximum atomic E-state index is 14.8. The molecule has 0 aromatic heterocycles. The summed E-state index contributed by atoms with van der Waals surface area (Å²) >= 11 is 0. The molecule has 0 fully saturated rings. The number of allylic oxidation sites excluding steroid dienone is 8. The lowest BCUT2D eigenvalue weighted by atomic mass is 9.57. The van der Waals surface area contributed by atoms with E-state index in [1.807, 2.05) is 0 Å². The fourth-order valence-corrected chi connectivity index (χ4v) is 8.28. The molecule has 0 saturated heterocycles. The zero-order valence-electron chi connectivity index (χ0n) is 21.0. The van der Waals surface area contributed by atoms with Gasteiger partial charge in [0.05, 0.1) is 11.8 Å². The second kappa shape index (κ2) is 7.42. The van der Waals surface area contributed by atoms with Crippen LogP contribution < -0.4 is 0 Å². The molecular formula is C37H26O. The van der Waals surface area contributed by atoms with E-state index in [2.05, 4.69) is 109 Å². The second-order valence-electron chi connectivity index (χ2n) is 11.3. The van der Waals surface area contributed by atoms with E-state index < -0.39 is 0 Å².